The number of carbonyl (C=O) groups is 2. The van der Waals surface area contributed by atoms with E-state index in [-0.39, 0.29) is 50.6 Å². The molecule has 0 radical (unpaired) electrons. The zero-order chi connectivity index (χ0) is 16.8. The predicted octanol–water partition coefficient (Wildman–Crippen LogP) is -3.41. The molecule has 0 aliphatic heterocycles. The minimum absolute atomic E-state index is 0. The summed E-state index contributed by atoms with van der Waals surface area (Å²) in [6, 6.07) is 0. The summed E-state index contributed by atoms with van der Waals surface area (Å²) in [7, 11) is 0. The van der Waals surface area contributed by atoms with Crippen molar-refractivity contribution in [2.45, 2.75) is 97.3 Å². The fraction of sp³-hybridized carbons (Fsp3) is 0.889. The first-order valence-corrected chi connectivity index (χ1v) is 8.94. The topological polar surface area (TPSA) is 80.3 Å². The molecule has 130 valence electrons. The summed E-state index contributed by atoms with van der Waals surface area (Å²) in [6.07, 6.45) is 12.0. The van der Waals surface area contributed by atoms with Crippen LogP contribution < -0.4 is 47.9 Å². The SMILES string of the molecule is CCCCCCCCCCCCC(CCC)(C(=O)[O-])C(=O)[O-].[Li+].[Li+]. The summed E-state index contributed by atoms with van der Waals surface area (Å²) in [5.74, 6) is -2.99. The smallest absolute Gasteiger partial charge is 0.549 e. The van der Waals surface area contributed by atoms with Crippen LogP contribution >= 0.6 is 0 Å². The Hall–Kier alpha value is 0.135. The largest absolute Gasteiger partial charge is 1.00 e. The van der Waals surface area contributed by atoms with Gasteiger partial charge in [-0.2, -0.15) is 0 Å². The summed E-state index contributed by atoms with van der Waals surface area (Å²) >= 11 is 0. The quantitative estimate of drug-likeness (QED) is 0.178. The van der Waals surface area contributed by atoms with E-state index >= 15 is 0 Å². The van der Waals surface area contributed by atoms with Crippen LogP contribution in [0.15, 0.2) is 0 Å². The summed E-state index contributed by atoms with van der Waals surface area (Å²) in [5.41, 5.74) is -1.80. The first kappa shape index (κ1) is 28.9. The number of aliphatic carboxylic acids is 2. The molecular weight excluding hydrogens is 294 g/mol. The Kier molecular flexibility index (Phi) is 21.6. The molecule has 6 heteroatoms. The van der Waals surface area contributed by atoms with Crippen molar-refractivity contribution in [2.24, 2.45) is 5.41 Å². The van der Waals surface area contributed by atoms with Gasteiger partial charge in [-0.05, 0) is 12.8 Å². The normalized spacial score (nSPS) is 10.6. The van der Waals surface area contributed by atoms with E-state index in [0.29, 0.717) is 12.8 Å². The minimum Gasteiger partial charge on any atom is -0.549 e. The molecule has 0 rings (SSSR count). The molecule has 0 N–H and O–H groups in total. The summed E-state index contributed by atoms with van der Waals surface area (Å²) < 4.78 is 0. The molecule has 0 spiro atoms. The number of rotatable bonds is 15. The first-order chi connectivity index (χ1) is 10.5. The van der Waals surface area contributed by atoms with Crippen LogP contribution in [0.25, 0.3) is 0 Å². The van der Waals surface area contributed by atoms with Crippen LogP contribution in [-0.4, -0.2) is 11.9 Å². The van der Waals surface area contributed by atoms with Gasteiger partial charge in [0.1, 0.15) is 0 Å². The van der Waals surface area contributed by atoms with E-state index in [9.17, 15) is 19.8 Å². The van der Waals surface area contributed by atoms with Crippen molar-refractivity contribution in [1.29, 1.82) is 0 Å². The van der Waals surface area contributed by atoms with Crippen molar-refractivity contribution in [3.05, 3.63) is 0 Å². The molecule has 0 aromatic heterocycles. The molecule has 0 saturated heterocycles. The number of hydrogen-bond acceptors (Lipinski definition) is 4. The fourth-order valence-electron chi connectivity index (χ4n) is 2.96. The van der Waals surface area contributed by atoms with Gasteiger partial charge in [-0.25, -0.2) is 0 Å². The van der Waals surface area contributed by atoms with E-state index in [0.717, 1.165) is 19.3 Å². The number of hydrogen-bond donors (Lipinski definition) is 0. The molecule has 0 fully saturated rings. The average molecular weight is 326 g/mol. The number of carbonyl (C=O) groups excluding carboxylic acids is 2. The van der Waals surface area contributed by atoms with Gasteiger partial charge in [0, 0.05) is 5.41 Å². The third kappa shape index (κ3) is 11.6. The zero-order valence-electron chi connectivity index (χ0n) is 16.3. The summed E-state index contributed by atoms with van der Waals surface area (Å²) in [4.78, 5) is 22.4. The molecule has 0 amide bonds. The Balaban J connectivity index is -0.00000220. The van der Waals surface area contributed by atoms with Gasteiger partial charge in [0.25, 0.3) is 0 Å². The Labute approximate surface area is 171 Å². The number of carboxylic acid groups (broad SMARTS) is 2. The Morgan fingerprint density at radius 3 is 1.33 bits per heavy atom. The number of unbranched alkanes of at least 4 members (excludes halogenated alkanes) is 9. The van der Waals surface area contributed by atoms with E-state index < -0.39 is 17.4 Å². The van der Waals surface area contributed by atoms with Gasteiger partial charge < -0.3 is 19.8 Å². The van der Waals surface area contributed by atoms with Crippen molar-refractivity contribution >= 4 is 11.9 Å². The summed E-state index contributed by atoms with van der Waals surface area (Å²) in [6.45, 7) is 3.98. The van der Waals surface area contributed by atoms with E-state index in [1.54, 1.807) is 6.92 Å². The van der Waals surface area contributed by atoms with Crippen LogP contribution in [0.4, 0.5) is 0 Å². The monoisotopic (exact) mass is 326 g/mol. The van der Waals surface area contributed by atoms with Gasteiger partial charge in [-0.3, -0.25) is 0 Å². The Bertz CT molecular complexity index is 308. The molecule has 0 atom stereocenters. The molecule has 0 aromatic rings. The maximum atomic E-state index is 11.2. The second-order valence-electron chi connectivity index (χ2n) is 6.34. The van der Waals surface area contributed by atoms with Crippen molar-refractivity contribution in [3.8, 4) is 0 Å². The predicted molar refractivity (Wildman–Crippen MR) is 83.8 cm³/mol. The van der Waals surface area contributed by atoms with Gasteiger partial charge in [0.15, 0.2) is 0 Å². The standard InChI is InChI=1S/C18H34O4.2Li/c1-3-5-6-7-8-9-10-11-12-13-15-18(14-4-2,16(19)20)17(21)22;;/h3-15H2,1-2H3,(H,19,20)(H,21,22);;/q;2*+1/p-2. The van der Waals surface area contributed by atoms with E-state index in [1.807, 2.05) is 0 Å². The molecule has 4 nitrogen and oxygen atoms in total. The van der Waals surface area contributed by atoms with Gasteiger partial charge in [-0.1, -0.05) is 84.5 Å². The Morgan fingerprint density at radius 1 is 0.625 bits per heavy atom. The molecule has 0 heterocycles. The molecule has 24 heavy (non-hydrogen) atoms. The van der Waals surface area contributed by atoms with Crippen LogP contribution in [0.2, 0.25) is 0 Å². The van der Waals surface area contributed by atoms with Crippen LogP contribution in [0.5, 0.6) is 0 Å². The van der Waals surface area contributed by atoms with Gasteiger partial charge >= 0.3 is 37.7 Å². The van der Waals surface area contributed by atoms with Crippen molar-refractivity contribution in [3.63, 3.8) is 0 Å². The van der Waals surface area contributed by atoms with E-state index in [4.69, 9.17) is 0 Å². The molecule has 0 aliphatic carbocycles. The first-order valence-electron chi connectivity index (χ1n) is 8.94. The fourth-order valence-corrected chi connectivity index (χ4v) is 2.96. The third-order valence-electron chi connectivity index (χ3n) is 4.42. The maximum Gasteiger partial charge on any atom is 1.00 e. The van der Waals surface area contributed by atoms with Crippen molar-refractivity contribution < 1.29 is 57.5 Å². The van der Waals surface area contributed by atoms with Crippen molar-refractivity contribution in [1.82, 2.24) is 0 Å². The van der Waals surface area contributed by atoms with E-state index in [2.05, 4.69) is 6.92 Å². The minimum atomic E-state index is -1.80. The van der Waals surface area contributed by atoms with Crippen LogP contribution in [0.3, 0.4) is 0 Å². The second kappa shape index (κ2) is 17.9. The van der Waals surface area contributed by atoms with Gasteiger partial charge in [0.2, 0.25) is 0 Å². The molecule has 0 saturated carbocycles. The molecule has 0 aromatic carbocycles. The second-order valence-corrected chi connectivity index (χ2v) is 6.34. The molecule has 0 aliphatic rings. The summed E-state index contributed by atoms with van der Waals surface area (Å²) in [5, 5.41) is 22.4. The average Bonchev–Trinajstić information content (AvgIpc) is 2.47. The van der Waals surface area contributed by atoms with Gasteiger partial charge in [-0.15, -0.1) is 0 Å². The van der Waals surface area contributed by atoms with Crippen LogP contribution in [0, 0.1) is 5.41 Å². The molecular formula is C18H32Li2O4. The number of carboxylic acids is 2. The Morgan fingerprint density at radius 2 is 1.00 bits per heavy atom. The van der Waals surface area contributed by atoms with Crippen molar-refractivity contribution in [2.75, 3.05) is 0 Å². The third-order valence-corrected chi connectivity index (χ3v) is 4.42. The van der Waals surface area contributed by atoms with E-state index in [1.165, 1.54) is 38.5 Å². The van der Waals surface area contributed by atoms with Crippen LogP contribution in [0.1, 0.15) is 97.3 Å². The van der Waals surface area contributed by atoms with Crippen LogP contribution in [-0.2, 0) is 9.59 Å². The van der Waals surface area contributed by atoms with Gasteiger partial charge in [0.05, 0.1) is 11.9 Å². The molecule has 0 bridgehead atoms. The molecule has 0 unspecified atom stereocenters. The maximum absolute atomic E-state index is 11.2. The zero-order valence-corrected chi connectivity index (χ0v) is 16.3.